The van der Waals surface area contributed by atoms with Gasteiger partial charge >= 0.3 is 0 Å². The number of nitrogens with one attached hydrogen (secondary N) is 1. The van der Waals surface area contributed by atoms with Gasteiger partial charge in [-0.15, -0.1) is 23.7 Å². The van der Waals surface area contributed by atoms with Crippen molar-refractivity contribution in [2.24, 2.45) is 0 Å². The summed E-state index contributed by atoms with van der Waals surface area (Å²) in [6.45, 7) is 11.8. The molecule has 0 bridgehead atoms. The Balaban J connectivity index is 0.00000243. The second-order valence-electron chi connectivity index (χ2n) is 7.91. The molecule has 6 nitrogen and oxygen atoms in total. The van der Waals surface area contributed by atoms with Gasteiger partial charge in [-0.3, -0.25) is 14.4 Å². The lowest BCUT2D eigenvalue weighted by Crippen LogP contribution is -2.41. The highest BCUT2D eigenvalue weighted by molar-refractivity contribution is 7.07. The third-order valence-electron chi connectivity index (χ3n) is 4.71. The second-order valence-corrected chi connectivity index (χ2v) is 8.63. The zero-order chi connectivity index (χ0) is 18.2. The number of hydrogen-bond donors (Lipinski definition) is 1. The number of likely N-dealkylation sites (tertiary alicyclic amines) is 1. The SMILES string of the molecule is CC(C)N1CC[C@H](NC(=O)c2cscn2)[C@@H]1c1cnn(C(C)(C)C)c1.Cl. The van der Waals surface area contributed by atoms with Gasteiger partial charge in [0.1, 0.15) is 5.69 Å². The third-order valence-corrected chi connectivity index (χ3v) is 5.30. The number of carbonyl (C=O) groups excluding carboxylic acids is 1. The fourth-order valence-electron chi connectivity index (χ4n) is 3.39. The maximum absolute atomic E-state index is 12.5. The van der Waals surface area contributed by atoms with Crippen LogP contribution in [0.2, 0.25) is 0 Å². The summed E-state index contributed by atoms with van der Waals surface area (Å²) in [6.07, 6.45) is 4.99. The lowest BCUT2D eigenvalue weighted by molar-refractivity contribution is 0.0915. The molecule has 1 aliphatic rings. The van der Waals surface area contributed by atoms with E-state index in [1.807, 2.05) is 10.9 Å². The lowest BCUT2D eigenvalue weighted by atomic mass is 10.0. The van der Waals surface area contributed by atoms with Gasteiger partial charge in [-0.05, 0) is 41.0 Å². The molecule has 8 heteroatoms. The maximum Gasteiger partial charge on any atom is 0.271 e. The van der Waals surface area contributed by atoms with Crippen LogP contribution in [-0.4, -0.2) is 44.2 Å². The first-order chi connectivity index (χ1) is 11.8. The maximum atomic E-state index is 12.5. The van der Waals surface area contributed by atoms with Crippen molar-refractivity contribution in [1.82, 2.24) is 25.0 Å². The average molecular weight is 398 g/mol. The summed E-state index contributed by atoms with van der Waals surface area (Å²) in [4.78, 5) is 19.0. The van der Waals surface area contributed by atoms with E-state index in [1.54, 1.807) is 10.9 Å². The molecule has 1 fully saturated rings. The molecular formula is C18H28ClN5OS. The van der Waals surface area contributed by atoms with Gasteiger partial charge in [0.25, 0.3) is 5.91 Å². The topological polar surface area (TPSA) is 63.1 Å². The Bertz CT molecular complexity index is 722. The summed E-state index contributed by atoms with van der Waals surface area (Å²) in [6, 6.07) is 0.608. The minimum absolute atomic E-state index is 0. The number of thiazole rings is 1. The van der Waals surface area contributed by atoms with Crippen molar-refractivity contribution in [2.75, 3.05) is 6.54 Å². The van der Waals surface area contributed by atoms with Gasteiger partial charge in [0.15, 0.2) is 0 Å². The van der Waals surface area contributed by atoms with E-state index in [0.29, 0.717) is 11.7 Å². The minimum atomic E-state index is -0.0925. The third kappa shape index (κ3) is 4.27. The summed E-state index contributed by atoms with van der Waals surface area (Å²) in [7, 11) is 0. The van der Waals surface area contributed by atoms with Gasteiger partial charge in [0.05, 0.1) is 29.3 Å². The van der Waals surface area contributed by atoms with Crippen molar-refractivity contribution >= 4 is 29.7 Å². The number of halogens is 1. The van der Waals surface area contributed by atoms with Gasteiger partial charge in [-0.25, -0.2) is 4.98 Å². The Hall–Kier alpha value is -1.44. The fraction of sp³-hybridized carbons (Fsp3) is 0.611. The van der Waals surface area contributed by atoms with Crippen molar-refractivity contribution < 1.29 is 4.79 Å². The first-order valence-corrected chi connectivity index (χ1v) is 9.71. The molecule has 144 valence electrons. The molecule has 0 saturated carbocycles. The number of aromatic nitrogens is 3. The van der Waals surface area contributed by atoms with Crippen LogP contribution >= 0.6 is 23.7 Å². The van der Waals surface area contributed by atoms with Crippen LogP contribution in [0.1, 0.15) is 63.1 Å². The van der Waals surface area contributed by atoms with Crippen molar-refractivity contribution in [3.8, 4) is 0 Å². The zero-order valence-electron chi connectivity index (χ0n) is 16.0. The van der Waals surface area contributed by atoms with Gasteiger partial charge < -0.3 is 5.32 Å². The molecule has 1 N–H and O–H groups in total. The number of nitrogens with zero attached hydrogens (tertiary/aromatic N) is 4. The molecule has 0 aromatic carbocycles. The predicted octanol–water partition coefficient (Wildman–Crippen LogP) is 3.47. The molecule has 2 aromatic rings. The van der Waals surface area contributed by atoms with E-state index in [0.717, 1.165) is 18.5 Å². The van der Waals surface area contributed by atoms with Crippen molar-refractivity contribution in [3.63, 3.8) is 0 Å². The van der Waals surface area contributed by atoms with Crippen LogP contribution < -0.4 is 5.32 Å². The quantitative estimate of drug-likeness (QED) is 0.857. The smallest absolute Gasteiger partial charge is 0.271 e. The number of rotatable bonds is 4. The summed E-state index contributed by atoms with van der Waals surface area (Å²) in [5, 5.41) is 9.53. The highest BCUT2D eigenvalue weighted by Crippen LogP contribution is 2.34. The Morgan fingerprint density at radius 1 is 1.38 bits per heavy atom. The highest BCUT2D eigenvalue weighted by Gasteiger charge is 2.38. The lowest BCUT2D eigenvalue weighted by Gasteiger charge is -2.31. The van der Waals surface area contributed by atoms with E-state index < -0.39 is 0 Å². The van der Waals surface area contributed by atoms with Crippen LogP contribution in [0.25, 0.3) is 0 Å². The first-order valence-electron chi connectivity index (χ1n) is 8.77. The Labute approximate surface area is 165 Å². The van der Waals surface area contributed by atoms with E-state index >= 15 is 0 Å². The van der Waals surface area contributed by atoms with Crippen LogP contribution in [-0.2, 0) is 5.54 Å². The second kappa shape index (κ2) is 8.06. The standard InChI is InChI=1S/C18H27N5OS.ClH/c1-12(2)22-7-6-14(21-17(24)15-10-25-11-19-15)16(22)13-8-20-23(9-13)18(3,4)5;/h8-12,14,16H,6-7H2,1-5H3,(H,21,24);1H/t14-,16-;/m0./s1. The molecule has 0 unspecified atom stereocenters. The molecule has 1 saturated heterocycles. The van der Waals surface area contributed by atoms with E-state index in [4.69, 9.17) is 0 Å². The highest BCUT2D eigenvalue weighted by atomic mass is 35.5. The number of amides is 1. The molecule has 3 heterocycles. The molecule has 26 heavy (non-hydrogen) atoms. The van der Waals surface area contributed by atoms with Crippen molar-refractivity contribution in [2.45, 2.75) is 64.7 Å². The number of carbonyl (C=O) groups is 1. The van der Waals surface area contributed by atoms with Crippen molar-refractivity contribution in [3.05, 3.63) is 34.5 Å². The van der Waals surface area contributed by atoms with Crippen LogP contribution in [0.4, 0.5) is 0 Å². The van der Waals surface area contributed by atoms with Crippen molar-refractivity contribution in [1.29, 1.82) is 0 Å². The van der Waals surface area contributed by atoms with E-state index in [-0.39, 0.29) is 35.9 Å². The summed E-state index contributed by atoms with van der Waals surface area (Å²) in [5.41, 5.74) is 3.29. The van der Waals surface area contributed by atoms with Gasteiger partial charge in [0, 0.05) is 29.7 Å². The van der Waals surface area contributed by atoms with Crippen LogP contribution in [0, 0.1) is 0 Å². The van der Waals surface area contributed by atoms with Gasteiger partial charge in [-0.1, -0.05) is 0 Å². The molecule has 0 aliphatic carbocycles. The van der Waals surface area contributed by atoms with E-state index in [9.17, 15) is 4.79 Å². The zero-order valence-corrected chi connectivity index (χ0v) is 17.6. The van der Waals surface area contributed by atoms with Crippen LogP contribution in [0.15, 0.2) is 23.3 Å². The molecule has 1 amide bonds. The molecule has 2 atom stereocenters. The van der Waals surface area contributed by atoms with E-state index in [2.05, 4.69) is 61.1 Å². The number of hydrogen-bond acceptors (Lipinski definition) is 5. The molecular weight excluding hydrogens is 370 g/mol. The molecule has 0 radical (unpaired) electrons. The van der Waals surface area contributed by atoms with Gasteiger partial charge in [-0.2, -0.15) is 5.10 Å². The van der Waals surface area contributed by atoms with E-state index in [1.165, 1.54) is 11.3 Å². The Morgan fingerprint density at radius 2 is 2.12 bits per heavy atom. The first kappa shape index (κ1) is 20.9. The summed E-state index contributed by atoms with van der Waals surface area (Å²) in [5.74, 6) is -0.0925. The summed E-state index contributed by atoms with van der Waals surface area (Å²) >= 11 is 1.44. The monoisotopic (exact) mass is 397 g/mol. The fourth-order valence-corrected chi connectivity index (χ4v) is 3.93. The summed E-state index contributed by atoms with van der Waals surface area (Å²) < 4.78 is 2.00. The predicted molar refractivity (Wildman–Crippen MR) is 107 cm³/mol. The average Bonchev–Trinajstić information content (AvgIpc) is 3.26. The normalized spacial score (nSPS) is 21.0. The van der Waals surface area contributed by atoms with Gasteiger partial charge in [0.2, 0.25) is 0 Å². The van der Waals surface area contributed by atoms with Crippen LogP contribution in [0.3, 0.4) is 0 Å². The molecule has 1 aliphatic heterocycles. The Kier molecular flexibility index (Phi) is 6.47. The Morgan fingerprint density at radius 3 is 2.65 bits per heavy atom. The largest absolute Gasteiger partial charge is 0.346 e. The molecule has 0 spiro atoms. The molecule has 3 rings (SSSR count). The molecule has 2 aromatic heterocycles. The van der Waals surface area contributed by atoms with Crippen LogP contribution in [0.5, 0.6) is 0 Å². The minimum Gasteiger partial charge on any atom is -0.346 e.